The number of nitrogens with zero attached hydrogens (tertiary/aromatic N) is 1. The Hall–Kier alpha value is -4.93. The van der Waals surface area contributed by atoms with E-state index in [9.17, 15) is 5.26 Å². The monoisotopic (exact) mass is 605 g/mol. The first-order valence-electron chi connectivity index (χ1n) is 16.9. The van der Waals surface area contributed by atoms with E-state index in [1.54, 1.807) is 0 Å². The molecular formula is C46H39N. The van der Waals surface area contributed by atoms with Crippen molar-refractivity contribution in [3.8, 4) is 50.6 Å². The quantitative estimate of drug-likeness (QED) is 0.183. The molecule has 1 nitrogen and oxygen atoms in total. The molecule has 0 amide bonds. The molecule has 6 aromatic rings. The van der Waals surface area contributed by atoms with E-state index < -0.39 is 0 Å². The maximum atomic E-state index is 10.1. The van der Waals surface area contributed by atoms with Crippen molar-refractivity contribution in [3.63, 3.8) is 0 Å². The molecule has 0 bridgehead atoms. The van der Waals surface area contributed by atoms with Crippen LogP contribution in [0.15, 0.2) is 91.0 Å². The largest absolute Gasteiger partial charge is 0.192 e. The number of fused-ring (bicyclic) bond motifs is 11. The molecule has 3 aliphatic carbocycles. The van der Waals surface area contributed by atoms with Crippen LogP contribution in [0.4, 0.5) is 0 Å². The Morgan fingerprint density at radius 2 is 0.979 bits per heavy atom. The summed E-state index contributed by atoms with van der Waals surface area (Å²) in [4.78, 5) is 0. The maximum absolute atomic E-state index is 10.1. The van der Waals surface area contributed by atoms with Gasteiger partial charge in [-0.1, -0.05) is 102 Å². The predicted molar refractivity (Wildman–Crippen MR) is 196 cm³/mol. The van der Waals surface area contributed by atoms with Crippen LogP contribution in [0, 0.1) is 25.2 Å². The molecule has 47 heavy (non-hydrogen) atoms. The Morgan fingerprint density at radius 1 is 0.468 bits per heavy atom. The van der Waals surface area contributed by atoms with Crippen molar-refractivity contribution in [1.82, 2.24) is 0 Å². The second-order valence-corrected chi connectivity index (χ2v) is 15.8. The minimum Gasteiger partial charge on any atom is -0.192 e. The number of aryl methyl sites for hydroxylation is 2. The Bertz CT molecular complexity index is 2460. The molecule has 0 saturated carbocycles. The second-order valence-electron chi connectivity index (χ2n) is 15.8. The van der Waals surface area contributed by atoms with Gasteiger partial charge < -0.3 is 0 Å². The molecule has 228 valence electrons. The van der Waals surface area contributed by atoms with E-state index in [2.05, 4.69) is 146 Å². The number of rotatable bonds is 1. The topological polar surface area (TPSA) is 23.8 Å². The lowest BCUT2D eigenvalue weighted by Gasteiger charge is -2.25. The molecule has 0 heterocycles. The van der Waals surface area contributed by atoms with Crippen LogP contribution in [0.3, 0.4) is 0 Å². The normalized spacial score (nSPS) is 16.6. The highest BCUT2D eigenvalue weighted by molar-refractivity contribution is 6.06. The summed E-state index contributed by atoms with van der Waals surface area (Å²) in [6.07, 6.45) is 0. The van der Waals surface area contributed by atoms with Gasteiger partial charge in [-0.05, 0) is 139 Å². The predicted octanol–water partition coefficient (Wildman–Crippen LogP) is 11.9. The van der Waals surface area contributed by atoms with E-state index in [1.807, 2.05) is 6.07 Å². The number of hydrogen-bond donors (Lipinski definition) is 0. The lowest BCUT2D eigenvalue weighted by atomic mass is 9.78. The van der Waals surface area contributed by atoms with Gasteiger partial charge in [-0.15, -0.1) is 0 Å². The number of nitriles is 1. The summed E-state index contributed by atoms with van der Waals surface area (Å²) in [6, 6.07) is 37.1. The van der Waals surface area contributed by atoms with E-state index in [1.165, 1.54) is 94.4 Å². The third-order valence-corrected chi connectivity index (χ3v) is 12.1. The first kappa shape index (κ1) is 28.3. The van der Waals surface area contributed by atoms with Gasteiger partial charge in [-0.25, -0.2) is 0 Å². The number of benzene rings is 6. The van der Waals surface area contributed by atoms with Crippen molar-refractivity contribution < 1.29 is 0 Å². The molecule has 0 radical (unpaired) electrons. The molecule has 0 N–H and O–H groups in total. The molecule has 0 atom stereocenters. The minimum absolute atomic E-state index is 0.111. The number of hydrogen-bond acceptors (Lipinski definition) is 1. The van der Waals surface area contributed by atoms with E-state index in [-0.39, 0.29) is 16.2 Å². The molecule has 1 heteroatoms. The molecule has 0 spiro atoms. The standard InChI is InChI=1S/C46H39N/c1-25-13-15-29(26(2)17-25)27-14-16-31-33-20-39-34(21-38(33)44(3,4)37(31)18-27)35-22-41-36(23-40(35)45(39,5)6)43-32-12-10-9-11-30(32)28(24-47)19-42(43)46(41,7)8/h9-23H,1-8H3. The van der Waals surface area contributed by atoms with Gasteiger partial charge >= 0.3 is 0 Å². The van der Waals surface area contributed by atoms with Crippen molar-refractivity contribution in [1.29, 1.82) is 5.26 Å². The zero-order valence-electron chi connectivity index (χ0n) is 28.6. The van der Waals surface area contributed by atoms with E-state index >= 15 is 0 Å². The van der Waals surface area contributed by atoms with Gasteiger partial charge in [-0.2, -0.15) is 5.26 Å². The molecule has 0 fully saturated rings. The first-order valence-corrected chi connectivity index (χ1v) is 16.9. The highest BCUT2D eigenvalue weighted by Crippen LogP contribution is 2.60. The molecule has 9 rings (SSSR count). The van der Waals surface area contributed by atoms with Crippen LogP contribution in [0.1, 0.15) is 91.6 Å². The Labute approximate surface area is 278 Å². The minimum atomic E-state index is -0.209. The summed E-state index contributed by atoms with van der Waals surface area (Å²) in [6.45, 7) is 18.7. The molecule has 3 aliphatic rings. The van der Waals surface area contributed by atoms with Crippen LogP contribution >= 0.6 is 0 Å². The lowest BCUT2D eigenvalue weighted by Crippen LogP contribution is -2.17. The van der Waals surface area contributed by atoms with Crippen LogP contribution in [0.5, 0.6) is 0 Å². The summed E-state index contributed by atoms with van der Waals surface area (Å²) in [7, 11) is 0. The van der Waals surface area contributed by atoms with Crippen LogP contribution < -0.4 is 0 Å². The maximum Gasteiger partial charge on any atom is 0.0998 e. The van der Waals surface area contributed by atoms with Crippen molar-refractivity contribution in [2.75, 3.05) is 0 Å². The van der Waals surface area contributed by atoms with Gasteiger partial charge in [0.2, 0.25) is 0 Å². The molecule has 6 aromatic carbocycles. The Kier molecular flexibility index (Phi) is 5.36. The van der Waals surface area contributed by atoms with Crippen LogP contribution in [0.2, 0.25) is 0 Å². The average Bonchev–Trinajstić information content (AvgIpc) is 3.51. The third-order valence-electron chi connectivity index (χ3n) is 12.1. The van der Waals surface area contributed by atoms with E-state index in [4.69, 9.17) is 0 Å². The van der Waals surface area contributed by atoms with Gasteiger partial charge in [-0.3, -0.25) is 0 Å². The fourth-order valence-corrected chi connectivity index (χ4v) is 9.43. The zero-order chi connectivity index (χ0) is 32.8. The highest BCUT2D eigenvalue weighted by Gasteiger charge is 2.45. The van der Waals surface area contributed by atoms with Gasteiger partial charge in [0.25, 0.3) is 0 Å². The van der Waals surface area contributed by atoms with E-state index in [0.717, 1.165) is 10.9 Å². The van der Waals surface area contributed by atoms with Crippen LogP contribution in [0.25, 0.3) is 55.3 Å². The third kappa shape index (κ3) is 3.49. The van der Waals surface area contributed by atoms with Gasteiger partial charge in [0.15, 0.2) is 0 Å². The summed E-state index contributed by atoms with van der Waals surface area (Å²) in [5.74, 6) is 0. The second kappa shape index (κ2) is 8.90. The molecular weight excluding hydrogens is 567 g/mol. The zero-order valence-corrected chi connectivity index (χ0v) is 28.6. The van der Waals surface area contributed by atoms with Crippen molar-refractivity contribution >= 4 is 10.8 Å². The molecule has 0 aliphatic heterocycles. The Balaban J connectivity index is 1.24. The SMILES string of the molecule is Cc1ccc(-c2ccc3c(c2)C(C)(C)c2cc4c(cc2-3)C(C)(C)c2cc3c(cc2-4)C(C)(C)c2cc(C#N)c4ccccc4c2-3)c(C)c1. The highest BCUT2D eigenvalue weighted by atomic mass is 14.5. The summed E-state index contributed by atoms with van der Waals surface area (Å²) < 4.78 is 0. The molecule has 0 aromatic heterocycles. The molecule has 0 saturated heterocycles. The van der Waals surface area contributed by atoms with Crippen LogP contribution in [-0.2, 0) is 16.2 Å². The fraction of sp³-hybridized carbons (Fsp3) is 0.239. The van der Waals surface area contributed by atoms with Gasteiger partial charge in [0, 0.05) is 21.6 Å². The van der Waals surface area contributed by atoms with Gasteiger partial charge in [0.1, 0.15) is 0 Å². The summed E-state index contributed by atoms with van der Waals surface area (Å²) in [5, 5.41) is 12.3. The summed E-state index contributed by atoms with van der Waals surface area (Å²) >= 11 is 0. The van der Waals surface area contributed by atoms with Crippen molar-refractivity contribution in [2.24, 2.45) is 0 Å². The smallest absolute Gasteiger partial charge is 0.0998 e. The summed E-state index contributed by atoms with van der Waals surface area (Å²) in [5.41, 5.74) is 21.9. The van der Waals surface area contributed by atoms with Crippen molar-refractivity contribution in [2.45, 2.75) is 71.6 Å². The van der Waals surface area contributed by atoms with Crippen LogP contribution in [-0.4, -0.2) is 0 Å². The van der Waals surface area contributed by atoms with Gasteiger partial charge in [0.05, 0.1) is 11.6 Å². The lowest BCUT2D eigenvalue weighted by molar-refractivity contribution is 0.649. The van der Waals surface area contributed by atoms with Crippen molar-refractivity contribution in [3.05, 3.63) is 141 Å². The fourth-order valence-electron chi connectivity index (χ4n) is 9.43. The average molecular weight is 606 g/mol. The van der Waals surface area contributed by atoms with E-state index in [0.29, 0.717) is 0 Å². The first-order chi connectivity index (χ1) is 22.3. The molecule has 0 unspecified atom stereocenters. The Morgan fingerprint density at radius 3 is 1.60 bits per heavy atom.